The number of benzene rings is 2. The fourth-order valence-electron chi connectivity index (χ4n) is 4.89. The van der Waals surface area contributed by atoms with Gasteiger partial charge in [0.05, 0.1) is 18.3 Å². The van der Waals surface area contributed by atoms with Crippen molar-refractivity contribution in [3.05, 3.63) is 59.7 Å². The molecule has 4 heteroatoms. The van der Waals surface area contributed by atoms with Crippen molar-refractivity contribution in [2.45, 2.75) is 136 Å². The van der Waals surface area contributed by atoms with Gasteiger partial charge in [0.1, 0.15) is 0 Å². The molecule has 1 unspecified atom stereocenters. The van der Waals surface area contributed by atoms with Gasteiger partial charge in [0, 0.05) is 6.61 Å². The van der Waals surface area contributed by atoms with Gasteiger partial charge in [0.2, 0.25) is 0 Å². The lowest BCUT2D eigenvalue weighted by Gasteiger charge is -2.14. The molecule has 0 saturated carbocycles. The summed E-state index contributed by atoms with van der Waals surface area (Å²) >= 11 is 0. The summed E-state index contributed by atoms with van der Waals surface area (Å²) in [6.45, 7) is 7.91. The van der Waals surface area contributed by atoms with Crippen LogP contribution in [0, 0.1) is 0 Å². The summed E-state index contributed by atoms with van der Waals surface area (Å²) in [5.41, 5.74) is 1.59. The number of ether oxygens (including phenoxy) is 3. The lowest BCUT2D eigenvalue weighted by molar-refractivity contribution is 0.0625. The van der Waals surface area contributed by atoms with Crippen molar-refractivity contribution in [1.82, 2.24) is 0 Å². The molecule has 4 nitrogen and oxygen atoms in total. The lowest BCUT2D eigenvalue weighted by Crippen LogP contribution is -2.10. The van der Waals surface area contributed by atoms with Gasteiger partial charge in [-0.1, -0.05) is 134 Å². The Hall–Kier alpha value is -2.33. The van der Waals surface area contributed by atoms with Crippen molar-refractivity contribution in [3.63, 3.8) is 0 Å². The highest BCUT2D eigenvalue weighted by atomic mass is 16.6. The second kappa shape index (κ2) is 22.4. The molecular weight excluding hydrogens is 496 g/mol. The fraction of sp³-hybridized carbons (Fsp3) is 0.639. The Morgan fingerprint density at radius 2 is 1.07 bits per heavy atom. The quantitative estimate of drug-likeness (QED) is 0.0738. The molecule has 40 heavy (non-hydrogen) atoms. The summed E-state index contributed by atoms with van der Waals surface area (Å²) in [7, 11) is 0. The number of carbonyl (C=O) groups is 1. The number of hydrogen-bond acceptors (Lipinski definition) is 4. The maximum Gasteiger partial charge on any atom is 0.343 e. The molecule has 0 bridgehead atoms. The number of carbonyl (C=O) groups excluding carboxylic acids is 1. The second-order valence-corrected chi connectivity index (χ2v) is 11.1. The Balaban J connectivity index is 1.57. The number of unbranched alkanes of at least 4 members (excludes halogenated alkanes) is 15. The van der Waals surface area contributed by atoms with Crippen LogP contribution in [0.25, 0.3) is 0 Å². The number of hydrogen-bond donors (Lipinski definition) is 0. The Kier molecular flexibility index (Phi) is 18.9. The van der Waals surface area contributed by atoms with Gasteiger partial charge in [0.25, 0.3) is 0 Å². The predicted molar refractivity (Wildman–Crippen MR) is 168 cm³/mol. The van der Waals surface area contributed by atoms with Crippen molar-refractivity contribution in [1.29, 1.82) is 0 Å². The zero-order valence-electron chi connectivity index (χ0n) is 25.8. The average Bonchev–Trinajstić information content (AvgIpc) is 2.98. The van der Waals surface area contributed by atoms with Gasteiger partial charge in [-0.3, -0.25) is 0 Å². The van der Waals surface area contributed by atoms with Gasteiger partial charge in [0.15, 0.2) is 11.5 Å². The predicted octanol–water partition coefficient (Wildman–Crippen LogP) is 11.0. The monoisotopic (exact) mass is 552 g/mol. The SMILES string of the molecule is CCCCCCCCCCCCCCCCOC(C)c1ccc(C(=O)Oc2ccccc2OCCCCC)cc1. The van der Waals surface area contributed by atoms with Gasteiger partial charge >= 0.3 is 5.97 Å². The second-order valence-electron chi connectivity index (χ2n) is 11.1. The zero-order valence-corrected chi connectivity index (χ0v) is 25.8. The van der Waals surface area contributed by atoms with E-state index in [4.69, 9.17) is 14.2 Å². The van der Waals surface area contributed by atoms with Crippen molar-refractivity contribution in [2.75, 3.05) is 13.2 Å². The Bertz CT molecular complexity index is 892. The number of para-hydroxylation sites is 2. The fourth-order valence-corrected chi connectivity index (χ4v) is 4.89. The van der Waals surface area contributed by atoms with Crippen LogP contribution in [-0.4, -0.2) is 19.2 Å². The van der Waals surface area contributed by atoms with Crippen LogP contribution in [0.5, 0.6) is 11.5 Å². The highest BCUT2D eigenvalue weighted by Gasteiger charge is 2.14. The van der Waals surface area contributed by atoms with Crippen LogP contribution in [-0.2, 0) is 4.74 Å². The molecule has 0 aliphatic heterocycles. The van der Waals surface area contributed by atoms with E-state index in [0.717, 1.165) is 37.9 Å². The standard InChI is InChI=1S/C36H56O4/c1-4-6-8-9-10-11-12-13-14-15-16-17-18-22-29-38-31(3)32-25-27-33(28-26-32)36(37)40-35-24-20-19-23-34(35)39-30-21-7-5-2/h19-20,23-28,31H,4-18,21-22,29-30H2,1-3H3. The first-order valence-corrected chi connectivity index (χ1v) is 16.3. The molecule has 2 rings (SSSR count). The van der Waals surface area contributed by atoms with Crippen LogP contribution in [0.2, 0.25) is 0 Å². The van der Waals surface area contributed by atoms with Crippen molar-refractivity contribution >= 4 is 5.97 Å². The van der Waals surface area contributed by atoms with E-state index >= 15 is 0 Å². The van der Waals surface area contributed by atoms with Crippen molar-refractivity contribution < 1.29 is 19.0 Å². The van der Waals surface area contributed by atoms with Gasteiger partial charge in [-0.15, -0.1) is 0 Å². The van der Waals surface area contributed by atoms with Crippen LogP contribution >= 0.6 is 0 Å². The molecule has 0 heterocycles. The summed E-state index contributed by atoms with van der Waals surface area (Å²) in [6, 6.07) is 14.9. The first-order valence-electron chi connectivity index (χ1n) is 16.3. The molecule has 0 amide bonds. The van der Waals surface area contributed by atoms with Crippen molar-refractivity contribution in [2.24, 2.45) is 0 Å². The molecule has 0 aliphatic rings. The molecular formula is C36H56O4. The molecule has 2 aromatic rings. The maximum absolute atomic E-state index is 12.7. The molecule has 0 N–H and O–H groups in total. The van der Waals surface area contributed by atoms with E-state index in [1.165, 1.54) is 83.5 Å². The zero-order chi connectivity index (χ0) is 28.7. The number of esters is 1. The topological polar surface area (TPSA) is 44.8 Å². The molecule has 0 radical (unpaired) electrons. The smallest absolute Gasteiger partial charge is 0.343 e. The summed E-state index contributed by atoms with van der Waals surface area (Å²) in [6.07, 6.45) is 22.3. The Labute approximate surface area is 245 Å². The first-order chi connectivity index (χ1) is 19.7. The maximum atomic E-state index is 12.7. The summed E-state index contributed by atoms with van der Waals surface area (Å²) in [5, 5.41) is 0. The van der Waals surface area contributed by atoms with Crippen LogP contribution in [0.4, 0.5) is 0 Å². The van der Waals surface area contributed by atoms with E-state index in [0.29, 0.717) is 23.7 Å². The highest BCUT2D eigenvalue weighted by Crippen LogP contribution is 2.28. The first kappa shape index (κ1) is 33.9. The Morgan fingerprint density at radius 1 is 0.600 bits per heavy atom. The minimum absolute atomic E-state index is 0.00397. The van der Waals surface area contributed by atoms with E-state index in [-0.39, 0.29) is 12.1 Å². The largest absolute Gasteiger partial charge is 0.490 e. The van der Waals surface area contributed by atoms with E-state index < -0.39 is 0 Å². The third-order valence-corrected chi connectivity index (χ3v) is 7.54. The summed E-state index contributed by atoms with van der Waals surface area (Å²) in [5.74, 6) is 0.680. The molecule has 224 valence electrons. The van der Waals surface area contributed by atoms with Crippen molar-refractivity contribution in [3.8, 4) is 11.5 Å². The normalized spacial score (nSPS) is 11.9. The van der Waals surface area contributed by atoms with E-state index in [1.54, 1.807) is 6.07 Å². The van der Waals surface area contributed by atoms with Crippen LogP contribution in [0.3, 0.4) is 0 Å². The van der Waals surface area contributed by atoms with Crippen LogP contribution in [0.15, 0.2) is 48.5 Å². The third kappa shape index (κ3) is 14.9. The molecule has 0 spiro atoms. The van der Waals surface area contributed by atoms with Crippen LogP contribution in [0.1, 0.15) is 152 Å². The van der Waals surface area contributed by atoms with Gasteiger partial charge in [-0.05, 0) is 49.6 Å². The third-order valence-electron chi connectivity index (χ3n) is 7.54. The van der Waals surface area contributed by atoms with Gasteiger partial charge in [-0.25, -0.2) is 4.79 Å². The van der Waals surface area contributed by atoms with E-state index in [9.17, 15) is 4.79 Å². The van der Waals surface area contributed by atoms with Gasteiger partial charge < -0.3 is 14.2 Å². The molecule has 0 fully saturated rings. The average molecular weight is 553 g/mol. The van der Waals surface area contributed by atoms with E-state index in [1.807, 2.05) is 42.5 Å². The molecule has 0 aromatic heterocycles. The number of rotatable bonds is 24. The lowest BCUT2D eigenvalue weighted by atomic mass is 10.0. The molecule has 0 aliphatic carbocycles. The van der Waals surface area contributed by atoms with Crippen LogP contribution < -0.4 is 9.47 Å². The molecule has 1 atom stereocenters. The summed E-state index contributed by atoms with van der Waals surface area (Å²) < 4.78 is 17.6. The van der Waals surface area contributed by atoms with E-state index in [2.05, 4.69) is 20.8 Å². The molecule has 0 saturated heterocycles. The molecule has 2 aromatic carbocycles. The minimum atomic E-state index is -0.382. The summed E-state index contributed by atoms with van der Waals surface area (Å²) in [4.78, 5) is 12.7. The minimum Gasteiger partial charge on any atom is -0.490 e. The highest BCUT2D eigenvalue weighted by molar-refractivity contribution is 5.91. The Morgan fingerprint density at radius 3 is 1.65 bits per heavy atom. The van der Waals surface area contributed by atoms with Gasteiger partial charge in [-0.2, -0.15) is 0 Å².